The molecule has 5 heteroatoms. The number of rotatable bonds is 7. The number of hydrogen-bond donors (Lipinski definition) is 2. The van der Waals surface area contributed by atoms with Crippen LogP contribution in [0.2, 0.25) is 0 Å². The van der Waals surface area contributed by atoms with Gasteiger partial charge in [-0.25, -0.2) is 0 Å². The number of aliphatic carboxylic acids is 1. The number of hydrogen-bond acceptors (Lipinski definition) is 4. The maximum Gasteiger partial charge on any atom is 0.321 e. The van der Waals surface area contributed by atoms with Gasteiger partial charge >= 0.3 is 11.9 Å². The summed E-state index contributed by atoms with van der Waals surface area (Å²) < 4.78 is 5.06. The van der Waals surface area contributed by atoms with Gasteiger partial charge in [0.2, 0.25) is 0 Å². The summed E-state index contributed by atoms with van der Waals surface area (Å²) in [5.41, 5.74) is 5.52. The number of ether oxygens (including phenoxy) is 1. The van der Waals surface area contributed by atoms with Gasteiger partial charge < -0.3 is 15.6 Å². The molecule has 100 valence electrons. The minimum atomic E-state index is -1.20. The molecule has 0 aliphatic heterocycles. The topological polar surface area (TPSA) is 89.6 Å². The normalized spacial score (nSPS) is 14.8. The lowest BCUT2D eigenvalue weighted by atomic mass is 9.91. The van der Waals surface area contributed by atoms with Crippen LogP contribution in [0, 0.1) is 17.8 Å². The first-order chi connectivity index (χ1) is 7.75. The Morgan fingerprint density at radius 2 is 1.71 bits per heavy atom. The molecule has 0 bridgehead atoms. The fraction of sp³-hybridized carbons (Fsp3) is 0.833. The molecule has 17 heavy (non-hydrogen) atoms. The van der Waals surface area contributed by atoms with Gasteiger partial charge in [-0.15, -0.1) is 0 Å². The summed E-state index contributed by atoms with van der Waals surface area (Å²) in [7, 11) is 0. The summed E-state index contributed by atoms with van der Waals surface area (Å²) in [6.45, 7) is 7.96. The first-order valence-corrected chi connectivity index (χ1v) is 5.90. The average Bonchev–Trinajstić information content (AvgIpc) is 2.21. The van der Waals surface area contributed by atoms with Gasteiger partial charge in [0.25, 0.3) is 0 Å². The molecular formula is C12H23NO4. The van der Waals surface area contributed by atoms with E-state index >= 15 is 0 Å². The first-order valence-electron chi connectivity index (χ1n) is 5.90. The highest BCUT2D eigenvalue weighted by molar-refractivity contribution is 5.83. The second-order valence-corrected chi connectivity index (χ2v) is 5.12. The van der Waals surface area contributed by atoms with Crippen LogP contribution in [-0.2, 0) is 14.3 Å². The molecule has 3 N–H and O–H groups in total. The zero-order valence-electron chi connectivity index (χ0n) is 11.0. The van der Waals surface area contributed by atoms with Gasteiger partial charge in [0.1, 0.15) is 6.04 Å². The Morgan fingerprint density at radius 1 is 1.18 bits per heavy atom. The molecule has 0 aliphatic rings. The maximum atomic E-state index is 11.8. The smallest absolute Gasteiger partial charge is 0.321 e. The van der Waals surface area contributed by atoms with E-state index in [-0.39, 0.29) is 11.8 Å². The van der Waals surface area contributed by atoms with E-state index in [1.807, 2.05) is 27.7 Å². The van der Waals surface area contributed by atoms with Crippen LogP contribution in [0.5, 0.6) is 0 Å². The molecule has 2 unspecified atom stereocenters. The highest BCUT2D eigenvalue weighted by atomic mass is 16.5. The van der Waals surface area contributed by atoms with Crippen LogP contribution in [-0.4, -0.2) is 29.7 Å². The van der Waals surface area contributed by atoms with Crippen LogP contribution >= 0.6 is 0 Å². The third kappa shape index (κ3) is 6.26. The summed E-state index contributed by atoms with van der Waals surface area (Å²) in [6.07, 6.45) is 0.421. The van der Waals surface area contributed by atoms with Gasteiger partial charge in [0.05, 0.1) is 12.5 Å². The van der Waals surface area contributed by atoms with E-state index in [1.165, 1.54) is 0 Å². The van der Waals surface area contributed by atoms with Gasteiger partial charge in [0, 0.05) is 0 Å². The monoisotopic (exact) mass is 245 g/mol. The predicted octanol–water partition coefficient (Wildman–Crippen LogP) is 1.26. The van der Waals surface area contributed by atoms with E-state index in [2.05, 4.69) is 0 Å². The fourth-order valence-corrected chi connectivity index (χ4v) is 1.43. The largest absolute Gasteiger partial charge is 0.480 e. The molecule has 0 aromatic heterocycles. The Balaban J connectivity index is 4.56. The van der Waals surface area contributed by atoms with Crippen molar-refractivity contribution < 1.29 is 19.4 Å². The summed E-state index contributed by atoms with van der Waals surface area (Å²) in [6, 6.07) is -1.20. The number of carboxylic acid groups (broad SMARTS) is 1. The number of carbonyl (C=O) groups is 2. The molecule has 0 aliphatic carbocycles. The number of esters is 1. The average molecular weight is 245 g/mol. The molecule has 0 fully saturated rings. The molecule has 0 aromatic rings. The first kappa shape index (κ1) is 15.9. The third-order valence-electron chi connectivity index (χ3n) is 2.31. The minimum absolute atomic E-state index is 0.192. The quantitative estimate of drug-likeness (QED) is 0.659. The van der Waals surface area contributed by atoms with Crippen molar-refractivity contribution in [3.8, 4) is 0 Å². The lowest BCUT2D eigenvalue weighted by Gasteiger charge is -2.21. The highest BCUT2D eigenvalue weighted by Gasteiger charge is 2.32. The fourth-order valence-electron chi connectivity index (χ4n) is 1.43. The highest BCUT2D eigenvalue weighted by Crippen LogP contribution is 2.17. The van der Waals surface area contributed by atoms with Gasteiger partial charge in [0.15, 0.2) is 0 Å². The van der Waals surface area contributed by atoms with Crippen molar-refractivity contribution in [2.45, 2.75) is 40.2 Å². The summed E-state index contributed by atoms with van der Waals surface area (Å²) in [5.74, 6) is -2.04. The third-order valence-corrected chi connectivity index (χ3v) is 2.31. The lowest BCUT2D eigenvalue weighted by Crippen LogP contribution is -2.43. The van der Waals surface area contributed by atoms with Gasteiger partial charge in [-0.3, -0.25) is 9.59 Å². The molecule has 0 aromatic carbocycles. The van der Waals surface area contributed by atoms with Crippen molar-refractivity contribution in [3.05, 3.63) is 0 Å². The van der Waals surface area contributed by atoms with Crippen LogP contribution in [0.4, 0.5) is 0 Å². The van der Waals surface area contributed by atoms with Crippen LogP contribution in [0.3, 0.4) is 0 Å². The van der Waals surface area contributed by atoms with Crippen molar-refractivity contribution in [2.75, 3.05) is 6.61 Å². The summed E-state index contributed by atoms with van der Waals surface area (Å²) >= 11 is 0. The number of nitrogens with two attached hydrogens (primary N) is 1. The molecule has 0 amide bonds. The molecule has 0 saturated heterocycles. The number of carbonyl (C=O) groups excluding carboxylic acids is 1. The van der Waals surface area contributed by atoms with Crippen LogP contribution < -0.4 is 5.73 Å². The SMILES string of the molecule is CC(C)COC(=O)C(CC(C)C)C(N)C(=O)O. The van der Waals surface area contributed by atoms with Gasteiger partial charge in [-0.2, -0.15) is 0 Å². The Morgan fingerprint density at radius 3 is 2.06 bits per heavy atom. The zero-order chi connectivity index (χ0) is 13.6. The van der Waals surface area contributed by atoms with Crippen LogP contribution in [0.15, 0.2) is 0 Å². The molecule has 2 atom stereocenters. The van der Waals surface area contributed by atoms with Crippen LogP contribution in [0.1, 0.15) is 34.1 Å². The zero-order valence-corrected chi connectivity index (χ0v) is 11.0. The van der Waals surface area contributed by atoms with Crippen molar-refractivity contribution in [2.24, 2.45) is 23.5 Å². The van der Waals surface area contributed by atoms with Gasteiger partial charge in [-0.05, 0) is 18.3 Å². The lowest BCUT2D eigenvalue weighted by molar-refractivity contribution is -0.155. The standard InChI is InChI=1S/C12H23NO4/c1-7(2)5-9(10(13)11(14)15)12(16)17-6-8(3)4/h7-10H,5-6,13H2,1-4H3,(H,14,15). The molecule has 0 radical (unpaired) electrons. The molecule has 0 saturated carbocycles. The van der Waals surface area contributed by atoms with Crippen molar-refractivity contribution >= 4 is 11.9 Å². The summed E-state index contributed by atoms with van der Waals surface area (Å²) in [5, 5.41) is 8.86. The Bertz CT molecular complexity index is 263. The van der Waals surface area contributed by atoms with Crippen molar-refractivity contribution in [1.82, 2.24) is 0 Å². The van der Waals surface area contributed by atoms with E-state index in [0.29, 0.717) is 13.0 Å². The van der Waals surface area contributed by atoms with E-state index < -0.39 is 23.9 Å². The van der Waals surface area contributed by atoms with E-state index in [9.17, 15) is 9.59 Å². The molecular weight excluding hydrogens is 222 g/mol. The van der Waals surface area contributed by atoms with E-state index in [1.54, 1.807) is 0 Å². The predicted molar refractivity (Wildman–Crippen MR) is 64.4 cm³/mol. The van der Waals surface area contributed by atoms with E-state index in [0.717, 1.165) is 0 Å². The molecule has 0 spiro atoms. The number of carboxylic acids is 1. The van der Waals surface area contributed by atoms with Crippen molar-refractivity contribution in [1.29, 1.82) is 0 Å². The molecule has 5 nitrogen and oxygen atoms in total. The van der Waals surface area contributed by atoms with Gasteiger partial charge in [-0.1, -0.05) is 27.7 Å². The Kier molecular flexibility index (Phi) is 6.80. The van der Waals surface area contributed by atoms with Crippen LogP contribution in [0.25, 0.3) is 0 Å². The van der Waals surface area contributed by atoms with E-state index in [4.69, 9.17) is 15.6 Å². The minimum Gasteiger partial charge on any atom is -0.480 e. The molecule has 0 heterocycles. The Hall–Kier alpha value is -1.10. The maximum absolute atomic E-state index is 11.8. The van der Waals surface area contributed by atoms with Crippen molar-refractivity contribution in [3.63, 3.8) is 0 Å². The Labute approximate surface area is 102 Å². The second-order valence-electron chi connectivity index (χ2n) is 5.12. The molecule has 0 rings (SSSR count). The summed E-state index contributed by atoms with van der Waals surface area (Å²) in [4.78, 5) is 22.6. The second kappa shape index (κ2) is 7.27.